The van der Waals surface area contributed by atoms with E-state index in [1.165, 1.54) is 0 Å². The lowest BCUT2D eigenvalue weighted by atomic mass is 10.0. The highest BCUT2D eigenvalue weighted by molar-refractivity contribution is 6.75. The number of anilines is 2. The summed E-state index contributed by atoms with van der Waals surface area (Å²) in [7, 11) is -2.88. The van der Waals surface area contributed by atoms with Crippen molar-refractivity contribution < 1.29 is 13.3 Å². The summed E-state index contributed by atoms with van der Waals surface area (Å²) in [5.41, 5.74) is 15.2. The first kappa shape index (κ1) is 18.5. The number of nitrogens with two attached hydrogens (primary N) is 2. The Labute approximate surface area is 144 Å². The van der Waals surface area contributed by atoms with Crippen molar-refractivity contribution >= 4 is 25.4 Å². The van der Waals surface area contributed by atoms with Crippen molar-refractivity contribution in [3.05, 3.63) is 42.5 Å². The Balaban J connectivity index is 2.40. The maximum absolute atomic E-state index is 6.07. The summed E-state index contributed by atoms with van der Waals surface area (Å²) in [5, 5.41) is 0.944. The van der Waals surface area contributed by atoms with Gasteiger partial charge in [-0.2, -0.15) is 0 Å². The maximum Gasteiger partial charge on any atom is 0.537 e. The van der Waals surface area contributed by atoms with E-state index in [4.69, 9.17) is 24.7 Å². The van der Waals surface area contributed by atoms with Crippen LogP contribution in [0.15, 0.2) is 42.5 Å². The van der Waals surface area contributed by atoms with E-state index < -0.39 is 8.80 Å². The van der Waals surface area contributed by atoms with Gasteiger partial charge in [0.2, 0.25) is 0 Å². The van der Waals surface area contributed by atoms with Gasteiger partial charge in [-0.15, -0.1) is 0 Å². The Morgan fingerprint density at radius 3 is 1.83 bits per heavy atom. The highest BCUT2D eigenvalue weighted by Crippen LogP contribution is 2.27. The van der Waals surface area contributed by atoms with Crippen LogP contribution in [0.2, 0.25) is 0 Å². The minimum Gasteiger partial charge on any atom is -0.399 e. The van der Waals surface area contributed by atoms with Crippen LogP contribution in [0.4, 0.5) is 11.4 Å². The molecule has 0 aromatic heterocycles. The summed E-state index contributed by atoms with van der Waals surface area (Å²) in [6, 6.07) is 13.5. The molecule has 2 aromatic rings. The molecule has 4 N–H and O–H groups in total. The van der Waals surface area contributed by atoms with Gasteiger partial charge in [-0.05, 0) is 44.5 Å². The van der Waals surface area contributed by atoms with Crippen LogP contribution in [0.1, 0.15) is 20.8 Å². The molecule has 0 saturated heterocycles. The SMILES string of the molecule is CCO[Si](OCC)(OCC)c1ccc(-c2cc(N)ccc2N)cc1. The Kier molecular flexibility index (Phi) is 6.39. The maximum atomic E-state index is 6.07. The van der Waals surface area contributed by atoms with Crippen LogP contribution >= 0.6 is 0 Å². The summed E-state index contributed by atoms with van der Waals surface area (Å²) in [6.45, 7) is 7.45. The van der Waals surface area contributed by atoms with Gasteiger partial charge < -0.3 is 24.7 Å². The molecule has 130 valence electrons. The van der Waals surface area contributed by atoms with E-state index in [0.717, 1.165) is 16.3 Å². The van der Waals surface area contributed by atoms with E-state index in [1.807, 2.05) is 57.2 Å². The quantitative estimate of drug-likeness (QED) is 0.567. The van der Waals surface area contributed by atoms with Crippen LogP contribution in [0.5, 0.6) is 0 Å². The van der Waals surface area contributed by atoms with E-state index in [1.54, 1.807) is 6.07 Å². The van der Waals surface area contributed by atoms with E-state index in [2.05, 4.69) is 0 Å². The van der Waals surface area contributed by atoms with Crippen LogP contribution in [0.25, 0.3) is 11.1 Å². The monoisotopic (exact) mass is 346 g/mol. The second-order valence-corrected chi connectivity index (χ2v) is 7.84. The fourth-order valence-corrected chi connectivity index (χ4v) is 5.09. The molecule has 0 unspecified atom stereocenters. The third-order valence-electron chi connectivity index (χ3n) is 3.63. The molecule has 0 bridgehead atoms. The molecule has 5 nitrogen and oxygen atoms in total. The normalized spacial score (nSPS) is 11.6. The average Bonchev–Trinajstić information content (AvgIpc) is 2.58. The van der Waals surface area contributed by atoms with E-state index in [0.29, 0.717) is 31.2 Å². The van der Waals surface area contributed by atoms with Gasteiger partial charge in [0.25, 0.3) is 0 Å². The first-order valence-corrected chi connectivity index (χ1v) is 9.96. The van der Waals surface area contributed by atoms with Gasteiger partial charge >= 0.3 is 8.80 Å². The summed E-state index contributed by atoms with van der Waals surface area (Å²) < 4.78 is 17.8. The zero-order chi connectivity index (χ0) is 17.6. The Bertz CT molecular complexity index is 645. The molecule has 0 radical (unpaired) electrons. The standard InChI is InChI=1S/C18H26N2O3Si/c1-4-21-24(22-5-2,23-6-3)16-10-7-14(8-11-16)17-13-15(19)9-12-18(17)20/h7-13H,4-6,19-20H2,1-3H3. The van der Waals surface area contributed by atoms with Crippen molar-refractivity contribution in [3.8, 4) is 11.1 Å². The lowest BCUT2D eigenvalue weighted by Gasteiger charge is -2.28. The van der Waals surface area contributed by atoms with Gasteiger partial charge in [-0.3, -0.25) is 0 Å². The molecule has 2 rings (SSSR count). The molecule has 0 amide bonds. The lowest BCUT2D eigenvalue weighted by molar-refractivity contribution is 0.0859. The molecule has 24 heavy (non-hydrogen) atoms. The smallest absolute Gasteiger partial charge is 0.399 e. The number of benzene rings is 2. The van der Waals surface area contributed by atoms with Gasteiger partial charge in [0, 0.05) is 41.9 Å². The first-order chi connectivity index (χ1) is 11.6. The fraction of sp³-hybridized carbons (Fsp3) is 0.333. The largest absolute Gasteiger partial charge is 0.537 e. The topological polar surface area (TPSA) is 79.7 Å². The van der Waals surface area contributed by atoms with Crippen molar-refractivity contribution in [1.29, 1.82) is 0 Å². The van der Waals surface area contributed by atoms with E-state index in [9.17, 15) is 0 Å². The summed E-state index contributed by atoms with van der Waals surface area (Å²) in [5.74, 6) is 0. The predicted octanol–water partition coefficient (Wildman–Crippen LogP) is 2.77. The van der Waals surface area contributed by atoms with Crippen molar-refractivity contribution in [1.82, 2.24) is 0 Å². The van der Waals surface area contributed by atoms with Crippen molar-refractivity contribution in [3.63, 3.8) is 0 Å². The first-order valence-electron chi connectivity index (χ1n) is 8.24. The molecule has 0 saturated carbocycles. The Morgan fingerprint density at radius 2 is 1.33 bits per heavy atom. The number of hydrogen-bond acceptors (Lipinski definition) is 5. The van der Waals surface area contributed by atoms with Gasteiger partial charge in [0.15, 0.2) is 0 Å². The minimum atomic E-state index is -2.88. The fourth-order valence-electron chi connectivity index (χ4n) is 2.62. The van der Waals surface area contributed by atoms with Gasteiger partial charge in [0.05, 0.1) is 0 Å². The molecule has 0 atom stereocenters. The minimum absolute atomic E-state index is 0.538. The Morgan fingerprint density at radius 1 is 0.792 bits per heavy atom. The highest BCUT2D eigenvalue weighted by Gasteiger charge is 2.43. The van der Waals surface area contributed by atoms with Crippen molar-refractivity contribution in [2.75, 3.05) is 31.3 Å². The number of nitrogen functional groups attached to an aromatic ring is 2. The van der Waals surface area contributed by atoms with Crippen LogP contribution in [0.3, 0.4) is 0 Å². The summed E-state index contributed by atoms with van der Waals surface area (Å²) in [4.78, 5) is 0. The van der Waals surface area contributed by atoms with Crippen LogP contribution in [-0.4, -0.2) is 28.6 Å². The summed E-state index contributed by atoms with van der Waals surface area (Å²) >= 11 is 0. The third-order valence-corrected chi connectivity index (χ3v) is 6.68. The van der Waals surface area contributed by atoms with Crippen LogP contribution in [0, 0.1) is 0 Å². The van der Waals surface area contributed by atoms with Crippen molar-refractivity contribution in [2.45, 2.75) is 20.8 Å². The van der Waals surface area contributed by atoms with Crippen LogP contribution in [-0.2, 0) is 13.3 Å². The molecule has 0 aliphatic heterocycles. The third kappa shape index (κ3) is 3.96. The second-order valence-electron chi connectivity index (χ2n) is 5.28. The number of rotatable bonds is 8. The second kappa shape index (κ2) is 8.30. The number of hydrogen-bond donors (Lipinski definition) is 2. The molecule has 0 heterocycles. The molecule has 0 aliphatic carbocycles. The highest BCUT2D eigenvalue weighted by atomic mass is 28.4. The summed E-state index contributed by atoms with van der Waals surface area (Å²) in [6.07, 6.45) is 0. The molecule has 2 aromatic carbocycles. The van der Waals surface area contributed by atoms with Gasteiger partial charge in [-0.25, -0.2) is 0 Å². The molecule has 0 spiro atoms. The van der Waals surface area contributed by atoms with E-state index >= 15 is 0 Å². The van der Waals surface area contributed by atoms with Gasteiger partial charge in [0.1, 0.15) is 0 Å². The Hall–Kier alpha value is -1.86. The molecule has 0 aliphatic rings. The molecular formula is C18H26N2O3Si. The predicted molar refractivity (Wildman–Crippen MR) is 101 cm³/mol. The lowest BCUT2D eigenvalue weighted by Crippen LogP contribution is -2.56. The molecule has 0 fully saturated rings. The zero-order valence-electron chi connectivity index (χ0n) is 14.5. The molecular weight excluding hydrogens is 320 g/mol. The molecule has 6 heteroatoms. The van der Waals surface area contributed by atoms with Gasteiger partial charge in [-0.1, -0.05) is 24.3 Å². The van der Waals surface area contributed by atoms with E-state index in [-0.39, 0.29) is 0 Å². The average molecular weight is 347 g/mol. The zero-order valence-corrected chi connectivity index (χ0v) is 15.5. The van der Waals surface area contributed by atoms with Crippen molar-refractivity contribution in [2.24, 2.45) is 0 Å². The van der Waals surface area contributed by atoms with Crippen LogP contribution < -0.4 is 16.7 Å².